The molecular formula is C7H6Cl2N4. The number of hydrogen-bond acceptors (Lipinski definition) is 3. The van der Waals surface area contributed by atoms with Crippen molar-refractivity contribution >= 4 is 36.0 Å². The highest BCUT2D eigenvalue weighted by Crippen LogP contribution is 2.10. The smallest absolute Gasteiger partial charge is 0.157 e. The lowest BCUT2D eigenvalue weighted by atomic mass is 10.3. The number of halogens is 2. The predicted octanol–water partition coefficient (Wildman–Crippen LogP) is 1.67. The highest BCUT2D eigenvalue weighted by atomic mass is 35.5. The first kappa shape index (κ1) is 11.7. The van der Waals surface area contributed by atoms with Crippen LogP contribution >= 0.6 is 24.8 Å². The average Bonchev–Trinajstić information content (AvgIpc) is 2.47. The van der Waals surface area contributed by atoms with E-state index in [0.717, 1.165) is 0 Å². The van der Waals surface area contributed by atoms with E-state index >= 15 is 0 Å². The summed E-state index contributed by atoms with van der Waals surface area (Å²) in [6.45, 7) is 0. The Morgan fingerprint density at radius 2 is 1.92 bits per heavy atom. The Bertz CT molecular complexity index is 431. The van der Waals surface area contributed by atoms with Crippen molar-refractivity contribution < 1.29 is 0 Å². The molecule has 0 unspecified atom stereocenters. The molecule has 0 aromatic carbocycles. The lowest BCUT2D eigenvalue weighted by molar-refractivity contribution is 1.26. The second-order valence-electron chi connectivity index (χ2n) is 2.07. The van der Waals surface area contributed by atoms with Crippen LogP contribution < -0.4 is 0 Å². The largest absolute Gasteiger partial charge is 0.343 e. The van der Waals surface area contributed by atoms with Gasteiger partial charge in [-0.25, -0.2) is 9.97 Å². The fourth-order valence-electron chi connectivity index (χ4n) is 0.935. The van der Waals surface area contributed by atoms with Crippen LogP contribution in [0, 0.1) is 11.3 Å². The number of nitrogens with one attached hydrogen (secondary N) is 1. The highest BCUT2D eigenvalue weighted by Gasteiger charge is 2.02. The molecule has 0 aliphatic rings. The zero-order valence-electron chi connectivity index (χ0n) is 6.39. The number of hydrogen-bond donors (Lipinski definition) is 1. The van der Waals surface area contributed by atoms with Gasteiger partial charge in [0.05, 0.1) is 5.56 Å². The summed E-state index contributed by atoms with van der Waals surface area (Å²) in [6.07, 6.45) is 4.75. The predicted molar refractivity (Wildman–Crippen MR) is 53.1 cm³/mol. The molecule has 0 atom stereocenters. The molecule has 2 aromatic rings. The molecule has 0 spiro atoms. The van der Waals surface area contributed by atoms with Gasteiger partial charge < -0.3 is 4.98 Å². The minimum atomic E-state index is 0. The van der Waals surface area contributed by atoms with Gasteiger partial charge in [-0.1, -0.05) is 0 Å². The van der Waals surface area contributed by atoms with Crippen LogP contribution in [0.3, 0.4) is 0 Å². The highest BCUT2D eigenvalue weighted by molar-refractivity contribution is 5.85. The Morgan fingerprint density at radius 3 is 2.62 bits per heavy atom. The molecule has 0 saturated heterocycles. The number of aromatic amines is 1. The van der Waals surface area contributed by atoms with Gasteiger partial charge >= 0.3 is 0 Å². The zero-order valence-corrected chi connectivity index (χ0v) is 8.02. The lowest BCUT2D eigenvalue weighted by Gasteiger charge is -1.84. The van der Waals surface area contributed by atoms with E-state index in [-0.39, 0.29) is 24.8 Å². The first-order valence-corrected chi connectivity index (χ1v) is 3.10. The SMILES string of the molecule is Cl.Cl.N#Cc1c[nH]c2nccnc12. The van der Waals surface area contributed by atoms with Crippen LogP contribution in [-0.2, 0) is 0 Å². The van der Waals surface area contributed by atoms with E-state index in [2.05, 4.69) is 15.0 Å². The summed E-state index contributed by atoms with van der Waals surface area (Å²) in [5.41, 5.74) is 1.83. The molecule has 4 nitrogen and oxygen atoms in total. The van der Waals surface area contributed by atoms with Crippen molar-refractivity contribution in [2.24, 2.45) is 0 Å². The third-order valence-corrected chi connectivity index (χ3v) is 1.43. The minimum absolute atomic E-state index is 0. The first-order chi connectivity index (χ1) is 5.42. The first-order valence-electron chi connectivity index (χ1n) is 3.10. The summed E-state index contributed by atoms with van der Waals surface area (Å²) in [6, 6.07) is 2.02. The third-order valence-electron chi connectivity index (χ3n) is 1.43. The van der Waals surface area contributed by atoms with Crippen molar-refractivity contribution in [3.63, 3.8) is 0 Å². The van der Waals surface area contributed by atoms with Gasteiger partial charge in [0.25, 0.3) is 0 Å². The van der Waals surface area contributed by atoms with Crippen LogP contribution in [0.4, 0.5) is 0 Å². The molecule has 0 aliphatic heterocycles. The van der Waals surface area contributed by atoms with E-state index in [4.69, 9.17) is 5.26 Å². The average molecular weight is 217 g/mol. The van der Waals surface area contributed by atoms with Crippen molar-refractivity contribution in [1.29, 1.82) is 5.26 Å². The van der Waals surface area contributed by atoms with Crippen LogP contribution in [0.15, 0.2) is 18.6 Å². The molecule has 2 rings (SSSR count). The second kappa shape index (κ2) is 4.65. The topological polar surface area (TPSA) is 65.4 Å². The number of rotatable bonds is 0. The maximum Gasteiger partial charge on any atom is 0.157 e. The molecule has 13 heavy (non-hydrogen) atoms. The fraction of sp³-hybridized carbons (Fsp3) is 0. The van der Waals surface area contributed by atoms with E-state index in [0.29, 0.717) is 16.7 Å². The summed E-state index contributed by atoms with van der Waals surface area (Å²) in [4.78, 5) is 10.8. The van der Waals surface area contributed by atoms with Crippen LogP contribution in [0.25, 0.3) is 11.2 Å². The Hall–Kier alpha value is -1.31. The summed E-state index contributed by atoms with van der Waals surface area (Å²) >= 11 is 0. The summed E-state index contributed by atoms with van der Waals surface area (Å²) in [7, 11) is 0. The quantitative estimate of drug-likeness (QED) is 0.729. The molecular weight excluding hydrogens is 211 g/mol. The van der Waals surface area contributed by atoms with Gasteiger partial charge in [-0.05, 0) is 0 Å². The van der Waals surface area contributed by atoms with Crippen molar-refractivity contribution in [3.05, 3.63) is 24.2 Å². The van der Waals surface area contributed by atoms with Gasteiger partial charge in [0.15, 0.2) is 5.65 Å². The van der Waals surface area contributed by atoms with Crippen LogP contribution in [0.1, 0.15) is 5.56 Å². The van der Waals surface area contributed by atoms with Gasteiger partial charge in [0, 0.05) is 18.6 Å². The molecule has 1 N–H and O–H groups in total. The Balaban J connectivity index is 0.000000720. The van der Waals surface area contributed by atoms with Gasteiger partial charge in [-0.3, -0.25) is 0 Å². The number of H-pyrrole nitrogens is 1. The van der Waals surface area contributed by atoms with Crippen LogP contribution in [0.5, 0.6) is 0 Å². The number of aromatic nitrogens is 3. The molecule has 0 bridgehead atoms. The molecule has 0 amide bonds. The minimum Gasteiger partial charge on any atom is -0.343 e. The lowest BCUT2D eigenvalue weighted by Crippen LogP contribution is -1.78. The number of nitrogens with zero attached hydrogens (tertiary/aromatic N) is 3. The number of fused-ring (bicyclic) bond motifs is 1. The van der Waals surface area contributed by atoms with Crippen LogP contribution in [0.2, 0.25) is 0 Å². The number of nitriles is 1. The summed E-state index contributed by atoms with van der Waals surface area (Å²) in [5.74, 6) is 0. The molecule has 2 aromatic heterocycles. The van der Waals surface area contributed by atoms with E-state index in [1.54, 1.807) is 18.6 Å². The fourth-order valence-corrected chi connectivity index (χ4v) is 0.935. The molecule has 0 fully saturated rings. The summed E-state index contributed by atoms with van der Waals surface area (Å²) < 4.78 is 0. The molecule has 2 heterocycles. The van der Waals surface area contributed by atoms with E-state index in [9.17, 15) is 0 Å². The van der Waals surface area contributed by atoms with Gasteiger partial charge in [-0.15, -0.1) is 24.8 Å². The zero-order chi connectivity index (χ0) is 7.68. The van der Waals surface area contributed by atoms with Gasteiger partial charge in [0.1, 0.15) is 11.6 Å². The van der Waals surface area contributed by atoms with E-state index in [1.165, 1.54) is 0 Å². The van der Waals surface area contributed by atoms with E-state index in [1.807, 2.05) is 6.07 Å². The summed E-state index contributed by atoms with van der Waals surface area (Å²) in [5, 5.41) is 8.59. The van der Waals surface area contributed by atoms with Gasteiger partial charge in [0.2, 0.25) is 0 Å². The third kappa shape index (κ3) is 1.89. The standard InChI is InChI=1S/C7H4N4.2ClH/c8-3-5-4-11-7-6(5)9-1-2-10-7;;/h1-2,4H,(H,10,11);2*1H. The molecule has 0 aliphatic carbocycles. The van der Waals surface area contributed by atoms with Crippen molar-refractivity contribution in [2.45, 2.75) is 0 Å². The van der Waals surface area contributed by atoms with E-state index < -0.39 is 0 Å². The monoisotopic (exact) mass is 216 g/mol. The van der Waals surface area contributed by atoms with Crippen molar-refractivity contribution in [2.75, 3.05) is 0 Å². The van der Waals surface area contributed by atoms with Gasteiger partial charge in [-0.2, -0.15) is 5.26 Å². The Kier molecular flexibility index (Phi) is 4.18. The second-order valence-corrected chi connectivity index (χ2v) is 2.07. The molecule has 6 heteroatoms. The van der Waals surface area contributed by atoms with Crippen molar-refractivity contribution in [3.8, 4) is 6.07 Å². The normalized spacial score (nSPS) is 8.23. The molecule has 68 valence electrons. The maximum absolute atomic E-state index is 8.59. The Labute approximate surface area is 86.8 Å². The van der Waals surface area contributed by atoms with Crippen LogP contribution in [-0.4, -0.2) is 15.0 Å². The Morgan fingerprint density at radius 1 is 1.23 bits per heavy atom. The molecule has 0 radical (unpaired) electrons. The molecule has 0 saturated carbocycles. The maximum atomic E-state index is 8.59. The van der Waals surface area contributed by atoms with Crippen molar-refractivity contribution in [1.82, 2.24) is 15.0 Å².